The Morgan fingerprint density at radius 3 is 3.00 bits per heavy atom. The van der Waals surface area contributed by atoms with Gasteiger partial charge >= 0.3 is 0 Å². The molecule has 3 heteroatoms. The van der Waals surface area contributed by atoms with E-state index in [9.17, 15) is 0 Å². The van der Waals surface area contributed by atoms with Gasteiger partial charge in [0.25, 0.3) is 0 Å². The highest BCUT2D eigenvalue weighted by molar-refractivity contribution is 4.66. The first-order valence-corrected chi connectivity index (χ1v) is 4.79. The lowest BCUT2D eigenvalue weighted by molar-refractivity contribution is 0.0424. The Kier molecular flexibility index (Phi) is 4.58. The highest BCUT2D eigenvalue weighted by Gasteiger charge is 2.14. The highest BCUT2D eigenvalue weighted by Crippen LogP contribution is 2.13. The van der Waals surface area contributed by atoms with E-state index in [0.29, 0.717) is 0 Å². The van der Waals surface area contributed by atoms with Gasteiger partial charge < -0.3 is 15.4 Å². The summed E-state index contributed by atoms with van der Waals surface area (Å²) in [4.78, 5) is 2.29. The van der Waals surface area contributed by atoms with Gasteiger partial charge in [0, 0.05) is 26.2 Å². The van der Waals surface area contributed by atoms with Crippen molar-refractivity contribution < 1.29 is 4.74 Å². The Morgan fingerprint density at radius 1 is 1.58 bits per heavy atom. The van der Waals surface area contributed by atoms with Crippen LogP contribution in [0.4, 0.5) is 0 Å². The fourth-order valence-electron chi connectivity index (χ4n) is 1.70. The zero-order chi connectivity index (χ0) is 8.81. The van der Waals surface area contributed by atoms with E-state index in [4.69, 9.17) is 10.5 Å². The highest BCUT2D eigenvalue weighted by atomic mass is 16.5. The number of ether oxygens (including phenoxy) is 1. The summed E-state index contributed by atoms with van der Waals surface area (Å²) < 4.78 is 5.40. The third-order valence-corrected chi connectivity index (χ3v) is 2.34. The van der Waals surface area contributed by atoms with Gasteiger partial charge in [0.05, 0.1) is 6.61 Å². The first-order valence-electron chi connectivity index (χ1n) is 4.79. The molecule has 0 amide bonds. The average molecular weight is 172 g/mol. The fraction of sp³-hybridized carbons (Fsp3) is 1.00. The number of hydrogen-bond acceptors (Lipinski definition) is 3. The largest absolute Gasteiger partial charge is 0.381 e. The predicted molar refractivity (Wildman–Crippen MR) is 50.1 cm³/mol. The van der Waals surface area contributed by atoms with Crippen molar-refractivity contribution in [2.24, 2.45) is 11.7 Å². The molecule has 1 saturated heterocycles. The van der Waals surface area contributed by atoms with Crippen LogP contribution in [0.5, 0.6) is 0 Å². The molecule has 1 atom stereocenters. The third-order valence-electron chi connectivity index (χ3n) is 2.34. The van der Waals surface area contributed by atoms with Crippen LogP contribution < -0.4 is 5.73 Å². The summed E-state index contributed by atoms with van der Waals surface area (Å²) in [6.45, 7) is 4.78. The Morgan fingerprint density at radius 2 is 2.42 bits per heavy atom. The van der Waals surface area contributed by atoms with Crippen molar-refractivity contribution in [3.8, 4) is 0 Å². The minimum Gasteiger partial charge on any atom is -0.381 e. The van der Waals surface area contributed by atoms with Crippen LogP contribution in [-0.2, 0) is 4.74 Å². The molecular formula is C9H20N2O. The van der Waals surface area contributed by atoms with Gasteiger partial charge in [-0.25, -0.2) is 0 Å². The lowest BCUT2D eigenvalue weighted by Gasteiger charge is -2.26. The van der Waals surface area contributed by atoms with E-state index in [-0.39, 0.29) is 0 Å². The topological polar surface area (TPSA) is 38.5 Å². The second-order valence-electron chi connectivity index (χ2n) is 3.63. The smallest absolute Gasteiger partial charge is 0.0506 e. The van der Waals surface area contributed by atoms with E-state index in [1.165, 1.54) is 12.8 Å². The molecule has 0 unspecified atom stereocenters. The summed E-state index contributed by atoms with van der Waals surface area (Å²) in [6, 6.07) is 0. The molecule has 0 aromatic rings. The number of rotatable bonds is 4. The molecule has 0 aromatic carbocycles. The summed E-state index contributed by atoms with van der Waals surface area (Å²) in [5.41, 5.74) is 5.46. The molecule has 1 aliphatic heterocycles. The van der Waals surface area contributed by atoms with Crippen molar-refractivity contribution in [1.29, 1.82) is 0 Å². The maximum absolute atomic E-state index is 5.46. The van der Waals surface area contributed by atoms with Crippen LogP contribution in [0.1, 0.15) is 12.8 Å². The molecule has 0 aliphatic carbocycles. The van der Waals surface area contributed by atoms with Crippen LogP contribution in [0.3, 0.4) is 0 Å². The summed E-state index contributed by atoms with van der Waals surface area (Å²) in [7, 11) is 2.13. The Hall–Kier alpha value is -0.120. The van der Waals surface area contributed by atoms with Gasteiger partial charge in [-0.1, -0.05) is 0 Å². The van der Waals surface area contributed by atoms with Crippen LogP contribution in [-0.4, -0.2) is 44.8 Å². The molecule has 1 heterocycles. The number of hydrogen-bond donors (Lipinski definition) is 1. The van der Waals surface area contributed by atoms with Crippen LogP contribution in [0.2, 0.25) is 0 Å². The van der Waals surface area contributed by atoms with Crippen LogP contribution in [0.25, 0.3) is 0 Å². The van der Waals surface area contributed by atoms with E-state index in [2.05, 4.69) is 11.9 Å². The maximum atomic E-state index is 5.46. The monoisotopic (exact) mass is 172 g/mol. The number of nitrogens with zero attached hydrogens (tertiary/aromatic N) is 1. The Labute approximate surface area is 74.9 Å². The molecule has 0 saturated carbocycles. The van der Waals surface area contributed by atoms with E-state index in [1.807, 2.05) is 0 Å². The van der Waals surface area contributed by atoms with E-state index in [0.717, 1.165) is 38.8 Å². The molecule has 2 N–H and O–H groups in total. The summed E-state index contributed by atoms with van der Waals surface area (Å²) in [5, 5.41) is 0. The van der Waals surface area contributed by atoms with E-state index < -0.39 is 0 Å². The van der Waals surface area contributed by atoms with Gasteiger partial charge in [-0.3, -0.25) is 0 Å². The summed E-state index contributed by atoms with van der Waals surface area (Å²) in [6.07, 6.45) is 2.54. The number of likely N-dealkylation sites (N-methyl/N-ethyl adjacent to an activating group) is 1. The van der Waals surface area contributed by atoms with Crippen molar-refractivity contribution in [1.82, 2.24) is 4.90 Å². The predicted octanol–water partition coefficient (Wildman–Crippen LogP) is 0.303. The summed E-state index contributed by atoms with van der Waals surface area (Å²) >= 11 is 0. The molecular weight excluding hydrogens is 152 g/mol. The van der Waals surface area contributed by atoms with Crippen molar-refractivity contribution in [3.05, 3.63) is 0 Å². The van der Waals surface area contributed by atoms with Crippen LogP contribution >= 0.6 is 0 Å². The molecule has 1 fully saturated rings. The minimum absolute atomic E-state index is 0.732. The lowest BCUT2D eigenvalue weighted by atomic mass is 10.0. The van der Waals surface area contributed by atoms with Gasteiger partial charge in [-0.15, -0.1) is 0 Å². The standard InChI is InChI=1S/C9H20N2O/c1-11(5-4-10)7-9-3-2-6-12-8-9/h9H,2-8,10H2,1H3/t9-/m0/s1. The maximum Gasteiger partial charge on any atom is 0.0506 e. The molecule has 0 bridgehead atoms. The molecule has 72 valence electrons. The van der Waals surface area contributed by atoms with Gasteiger partial charge in [0.2, 0.25) is 0 Å². The fourth-order valence-corrected chi connectivity index (χ4v) is 1.70. The van der Waals surface area contributed by atoms with Gasteiger partial charge in [0.15, 0.2) is 0 Å². The Balaban J connectivity index is 2.11. The average Bonchev–Trinajstić information content (AvgIpc) is 2.06. The molecule has 0 radical (unpaired) electrons. The van der Waals surface area contributed by atoms with Crippen molar-refractivity contribution in [2.75, 3.05) is 39.9 Å². The second-order valence-corrected chi connectivity index (χ2v) is 3.63. The van der Waals surface area contributed by atoms with Crippen molar-refractivity contribution >= 4 is 0 Å². The minimum atomic E-state index is 0.732. The van der Waals surface area contributed by atoms with Gasteiger partial charge in [-0.05, 0) is 25.8 Å². The van der Waals surface area contributed by atoms with Crippen molar-refractivity contribution in [2.45, 2.75) is 12.8 Å². The number of nitrogens with two attached hydrogens (primary N) is 1. The van der Waals surface area contributed by atoms with E-state index >= 15 is 0 Å². The molecule has 0 aromatic heterocycles. The Bertz CT molecular complexity index is 113. The normalized spacial score (nSPS) is 24.8. The third kappa shape index (κ3) is 3.52. The lowest BCUT2D eigenvalue weighted by Crippen LogP contribution is -2.33. The van der Waals surface area contributed by atoms with Gasteiger partial charge in [0.1, 0.15) is 0 Å². The zero-order valence-corrected chi connectivity index (χ0v) is 7.96. The molecule has 1 rings (SSSR count). The van der Waals surface area contributed by atoms with Crippen molar-refractivity contribution in [3.63, 3.8) is 0 Å². The van der Waals surface area contributed by atoms with Gasteiger partial charge in [-0.2, -0.15) is 0 Å². The first kappa shape index (κ1) is 9.96. The first-order chi connectivity index (χ1) is 5.83. The molecule has 3 nitrogen and oxygen atoms in total. The summed E-state index contributed by atoms with van der Waals surface area (Å²) in [5.74, 6) is 0.732. The molecule has 1 aliphatic rings. The molecule has 0 spiro atoms. The molecule has 12 heavy (non-hydrogen) atoms. The van der Waals surface area contributed by atoms with Crippen LogP contribution in [0, 0.1) is 5.92 Å². The second kappa shape index (κ2) is 5.51. The van der Waals surface area contributed by atoms with Crippen LogP contribution in [0.15, 0.2) is 0 Å². The SMILES string of the molecule is CN(CCN)C[C@@H]1CCCOC1. The van der Waals surface area contributed by atoms with E-state index in [1.54, 1.807) is 0 Å². The zero-order valence-electron chi connectivity index (χ0n) is 7.96. The quantitative estimate of drug-likeness (QED) is 0.663.